The van der Waals surface area contributed by atoms with Crippen molar-refractivity contribution < 1.29 is 21.6 Å². The molecule has 1 aromatic carbocycles. The Morgan fingerprint density at radius 3 is 2.37 bits per heavy atom. The van der Waals surface area contributed by atoms with E-state index in [-0.39, 0.29) is 17.5 Å². The average molecular weight is 330 g/mol. The second-order valence-corrected chi connectivity index (χ2v) is 6.98. The quantitative estimate of drug-likeness (QED) is 0.627. The van der Waals surface area contributed by atoms with E-state index in [0.717, 1.165) is 12.1 Å². The van der Waals surface area contributed by atoms with E-state index in [1.54, 1.807) is 6.07 Å². The van der Waals surface area contributed by atoms with E-state index in [9.17, 15) is 21.6 Å². The maximum atomic E-state index is 12.5. The van der Waals surface area contributed by atoms with E-state index in [2.05, 4.69) is 0 Å². The zero-order valence-electron chi connectivity index (χ0n) is 9.45. The molecule has 0 aliphatic carbocycles. The zero-order valence-corrected chi connectivity index (χ0v) is 11.8. The lowest BCUT2D eigenvalue weighted by Crippen LogP contribution is -2.06. The van der Waals surface area contributed by atoms with Gasteiger partial charge in [0.05, 0.1) is 16.5 Å². The Bertz CT molecular complexity index is 635. The number of halogens is 4. The Balaban J connectivity index is 3.65. The summed E-state index contributed by atoms with van der Waals surface area (Å²) in [7, 11) is 0.804. The maximum Gasteiger partial charge on any atom is 0.446 e. The molecule has 0 atom stereocenters. The van der Waals surface area contributed by atoms with Crippen LogP contribution in [0.3, 0.4) is 0 Å². The molecule has 0 unspecified atom stereocenters. The van der Waals surface area contributed by atoms with Crippen LogP contribution >= 0.6 is 22.4 Å². The first-order valence-electron chi connectivity index (χ1n) is 4.86. The third-order valence-electron chi connectivity index (χ3n) is 2.18. The Morgan fingerprint density at radius 1 is 1.42 bits per heavy atom. The van der Waals surface area contributed by atoms with E-state index in [4.69, 9.17) is 15.9 Å². The van der Waals surface area contributed by atoms with Gasteiger partial charge in [-0.1, -0.05) is 6.92 Å². The molecule has 19 heavy (non-hydrogen) atoms. The van der Waals surface area contributed by atoms with E-state index in [0.29, 0.717) is 0 Å². The number of nitrogens with zero attached hydrogens (tertiary/aromatic N) is 1. The van der Waals surface area contributed by atoms with Gasteiger partial charge < -0.3 is 0 Å². The molecule has 1 aromatic rings. The Hall–Kier alpha value is -0.910. The molecule has 9 heteroatoms. The molecule has 0 amide bonds. The van der Waals surface area contributed by atoms with Gasteiger partial charge in [0.15, 0.2) is 0 Å². The molecular weight excluding hydrogens is 323 g/mol. The lowest BCUT2D eigenvalue weighted by Gasteiger charge is -2.14. The van der Waals surface area contributed by atoms with Crippen molar-refractivity contribution in [2.45, 2.75) is 28.6 Å². The van der Waals surface area contributed by atoms with Crippen molar-refractivity contribution in [1.29, 1.82) is 5.26 Å². The summed E-state index contributed by atoms with van der Waals surface area (Å²) in [5, 5.41) is 8.84. The first kappa shape index (κ1) is 16.1. The largest absolute Gasteiger partial charge is 0.446 e. The van der Waals surface area contributed by atoms with Crippen LogP contribution in [0.1, 0.15) is 18.1 Å². The van der Waals surface area contributed by atoms with Gasteiger partial charge in [0.1, 0.15) is 0 Å². The number of rotatable bonds is 3. The maximum absolute atomic E-state index is 12.5. The molecule has 104 valence electrons. The highest BCUT2D eigenvalue weighted by Crippen LogP contribution is 2.43. The van der Waals surface area contributed by atoms with Gasteiger partial charge in [-0.15, -0.1) is 0 Å². The highest BCUT2D eigenvalue weighted by atomic mass is 35.7. The van der Waals surface area contributed by atoms with Crippen LogP contribution in [-0.4, -0.2) is 13.9 Å². The molecule has 3 nitrogen and oxygen atoms in total. The lowest BCUT2D eigenvalue weighted by atomic mass is 10.1. The van der Waals surface area contributed by atoms with Crippen LogP contribution in [-0.2, 0) is 15.5 Å². The number of alkyl halides is 3. The Morgan fingerprint density at radius 2 is 2.00 bits per heavy atom. The highest BCUT2D eigenvalue weighted by molar-refractivity contribution is 8.14. The van der Waals surface area contributed by atoms with E-state index >= 15 is 0 Å². The molecule has 0 bridgehead atoms. The van der Waals surface area contributed by atoms with Gasteiger partial charge in [0, 0.05) is 15.6 Å². The average Bonchev–Trinajstić information content (AvgIpc) is 2.24. The fraction of sp³-hybridized carbons (Fsp3) is 0.300. The molecule has 0 saturated carbocycles. The van der Waals surface area contributed by atoms with Crippen molar-refractivity contribution in [3.63, 3.8) is 0 Å². The van der Waals surface area contributed by atoms with E-state index in [1.807, 2.05) is 0 Å². The fourth-order valence-corrected chi connectivity index (χ4v) is 3.81. The molecule has 0 spiro atoms. The SMILES string of the molecule is CCc1c(C#N)ccc(S(=O)(=O)Cl)c1SC(F)(F)F. The highest BCUT2D eigenvalue weighted by Gasteiger charge is 2.34. The molecule has 0 fully saturated rings. The first-order chi connectivity index (χ1) is 8.60. The van der Waals surface area contributed by atoms with Gasteiger partial charge in [-0.25, -0.2) is 8.42 Å². The van der Waals surface area contributed by atoms with Crippen LogP contribution < -0.4 is 0 Å². The smallest absolute Gasteiger partial charge is 0.207 e. The topological polar surface area (TPSA) is 57.9 Å². The van der Waals surface area contributed by atoms with Gasteiger partial charge >= 0.3 is 5.51 Å². The Labute approximate surface area is 116 Å². The second kappa shape index (κ2) is 5.61. The molecule has 0 radical (unpaired) electrons. The van der Waals surface area contributed by atoms with Gasteiger partial charge in [-0.2, -0.15) is 18.4 Å². The van der Waals surface area contributed by atoms with Crippen molar-refractivity contribution in [1.82, 2.24) is 0 Å². The van der Waals surface area contributed by atoms with Crippen molar-refractivity contribution in [3.8, 4) is 6.07 Å². The Kier molecular flexibility index (Phi) is 4.76. The summed E-state index contributed by atoms with van der Waals surface area (Å²) >= 11 is -0.580. The number of thioether (sulfide) groups is 1. The zero-order chi connectivity index (χ0) is 14.8. The summed E-state index contributed by atoms with van der Waals surface area (Å²) in [6, 6.07) is 3.79. The summed E-state index contributed by atoms with van der Waals surface area (Å²) in [5.74, 6) is 0. The normalized spacial score (nSPS) is 12.2. The van der Waals surface area contributed by atoms with E-state index in [1.165, 1.54) is 6.92 Å². The van der Waals surface area contributed by atoms with Crippen LogP contribution in [0.4, 0.5) is 13.2 Å². The molecule has 0 heterocycles. The van der Waals surface area contributed by atoms with Crippen molar-refractivity contribution in [3.05, 3.63) is 23.3 Å². The van der Waals surface area contributed by atoms with Crippen LogP contribution in [0.25, 0.3) is 0 Å². The monoisotopic (exact) mass is 329 g/mol. The number of nitriles is 1. The first-order valence-corrected chi connectivity index (χ1v) is 7.99. The molecule has 0 aromatic heterocycles. The van der Waals surface area contributed by atoms with Gasteiger partial charge in [-0.3, -0.25) is 0 Å². The summed E-state index contributed by atoms with van der Waals surface area (Å²) < 4.78 is 60.1. The van der Waals surface area contributed by atoms with E-state index < -0.39 is 36.1 Å². The summed E-state index contributed by atoms with van der Waals surface area (Å²) in [5.41, 5.74) is -4.65. The van der Waals surface area contributed by atoms with Crippen LogP contribution in [0.5, 0.6) is 0 Å². The lowest BCUT2D eigenvalue weighted by molar-refractivity contribution is -0.0329. The molecular formula is C10H7ClF3NO2S2. The summed E-state index contributed by atoms with van der Waals surface area (Å²) in [4.78, 5) is -1.17. The van der Waals surface area contributed by atoms with Crippen LogP contribution in [0.2, 0.25) is 0 Å². The van der Waals surface area contributed by atoms with Gasteiger partial charge in [-0.05, 0) is 35.9 Å². The second-order valence-electron chi connectivity index (χ2n) is 3.37. The third-order valence-corrected chi connectivity index (χ3v) is 4.57. The summed E-state index contributed by atoms with van der Waals surface area (Å²) in [6.45, 7) is 1.53. The van der Waals surface area contributed by atoms with Gasteiger partial charge in [0.25, 0.3) is 9.05 Å². The number of hydrogen-bond donors (Lipinski definition) is 0. The standard InChI is InChI=1S/C10H7ClF3NO2S2/c1-2-7-6(5-15)3-4-8(19(11,16)17)9(7)18-10(12,13)14/h3-4H,2H2,1H3. The molecule has 0 aliphatic rings. The van der Waals surface area contributed by atoms with Crippen molar-refractivity contribution >= 4 is 31.5 Å². The minimum absolute atomic E-state index is 0.00156. The third kappa shape index (κ3) is 4.03. The van der Waals surface area contributed by atoms with Crippen molar-refractivity contribution in [2.75, 3.05) is 0 Å². The molecule has 0 N–H and O–H groups in total. The predicted octanol–water partition coefficient (Wildman–Crippen LogP) is 3.66. The minimum atomic E-state index is -4.67. The van der Waals surface area contributed by atoms with Crippen molar-refractivity contribution in [2.24, 2.45) is 0 Å². The van der Waals surface area contributed by atoms with Gasteiger partial charge in [0.2, 0.25) is 0 Å². The molecule has 0 aliphatic heterocycles. The molecule has 1 rings (SSSR count). The number of benzene rings is 1. The predicted molar refractivity (Wildman–Crippen MR) is 65.5 cm³/mol. The number of hydrogen-bond acceptors (Lipinski definition) is 4. The minimum Gasteiger partial charge on any atom is -0.207 e. The summed E-state index contributed by atoms with van der Waals surface area (Å²) in [6.07, 6.45) is 0.0849. The van der Waals surface area contributed by atoms with Crippen LogP contribution in [0.15, 0.2) is 21.9 Å². The molecule has 0 saturated heterocycles. The van der Waals surface area contributed by atoms with Crippen LogP contribution in [0, 0.1) is 11.3 Å². The fourth-order valence-electron chi connectivity index (χ4n) is 1.48.